The Morgan fingerprint density at radius 3 is 2.58 bits per heavy atom. The van der Waals surface area contributed by atoms with Crippen LogP contribution in [-0.4, -0.2) is 55.9 Å². The fraction of sp³-hybridized carbons (Fsp3) is 0.333. The van der Waals surface area contributed by atoms with Crippen LogP contribution in [-0.2, 0) is 19.6 Å². The maximum atomic E-state index is 13.0. The summed E-state index contributed by atoms with van der Waals surface area (Å²) in [4.78, 5) is 25.1. The molecule has 2 heterocycles. The van der Waals surface area contributed by atoms with Gasteiger partial charge >= 0.3 is 6.09 Å². The number of hydrogen-bond acceptors (Lipinski definition) is 5. The monoisotopic (exact) mass is 374 g/mol. The van der Waals surface area contributed by atoms with Crippen LogP contribution in [0.3, 0.4) is 0 Å². The number of carbonyl (C=O) groups is 2. The van der Waals surface area contributed by atoms with Gasteiger partial charge < -0.3 is 4.74 Å². The molecule has 2 amide bonds. The van der Waals surface area contributed by atoms with E-state index < -0.39 is 22.2 Å². The van der Waals surface area contributed by atoms with Gasteiger partial charge in [-0.05, 0) is 22.9 Å². The third-order valence-corrected chi connectivity index (χ3v) is 6.97. The molecule has 2 fully saturated rings. The Bertz CT molecular complexity index is 996. The second-order valence-electron chi connectivity index (χ2n) is 6.60. The Balaban J connectivity index is 1.63. The molecule has 8 heteroatoms. The number of amides is 2. The standard InChI is InChI=1S/C18H18N2O5S/c1-25-18(22)20-16-11-19(10-14(16)9-17(20)21)26(23,24)15-7-6-12-4-2-3-5-13(12)8-15/h2-8,14,16H,9-11H2,1H3/t14-,16-/m1/s1. The molecule has 2 atom stereocenters. The maximum absolute atomic E-state index is 13.0. The van der Waals surface area contributed by atoms with E-state index in [1.807, 2.05) is 24.3 Å². The van der Waals surface area contributed by atoms with Gasteiger partial charge in [0.1, 0.15) is 0 Å². The lowest BCUT2D eigenvalue weighted by Crippen LogP contribution is -2.42. The topological polar surface area (TPSA) is 84.0 Å². The minimum atomic E-state index is -3.70. The van der Waals surface area contributed by atoms with Crippen LogP contribution >= 0.6 is 0 Å². The second-order valence-corrected chi connectivity index (χ2v) is 8.53. The van der Waals surface area contributed by atoms with E-state index in [2.05, 4.69) is 4.74 Å². The van der Waals surface area contributed by atoms with Crippen LogP contribution in [0.5, 0.6) is 0 Å². The number of carbonyl (C=O) groups excluding carboxylic acids is 2. The zero-order valence-corrected chi connectivity index (χ0v) is 15.0. The van der Waals surface area contributed by atoms with Gasteiger partial charge in [0.25, 0.3) is 0 Å². The first-order valence-electron chi connectivity index (χ1n) is 8.31. The summed E-state index contributed by atoms with van der Waals surface area (Å²) in [5.74, 6) is -0.508. The summed E-state index contributed by atoms with van der Waals surface area (Å²) in [6.45, 7) is 0.319. The summed E-state index contributed by atoms with van der Waals surface area (Å²) in [5.41, 5.74) is 0. The average molecular weight is 374 g/mol. The largest absolute Gasteiger partial charge is 0.452 e. The van der Waals surface area contributed by atoms with Gasteiger partial charge in [0.15, 0.2) is 0 Å². The first-order chi connectivity index (χ1) is 12.4. The number of rotatable bonds is 2. The molecular formula is C18H18N2O5S. The van der Waals surface area contributed by atoms with E-state index in [0.717, 1.165) is 15.7 Å². The van der Waals surface area contributed by atoms with Crippen molar-refractivity contribution in [1.29, 1.82) is 0 Å². The minimum absolute atomic E-state index is 0.0979. The van der Waals surface area contributed by atoms with Gasteiger partial charge in [0, 0.05) is 25.4 Å². The average Bonchev–Trinajstić information content (AvgIpc) is 3.17. The predicted octanol–water partition coefficient (Wildman–Crippen LogP) is 1.83. The molecule has 0 aromatic heterocycles. The molecule has 7 nitrogen and oxygen atoms in total. The van der Waals surface area contributed by atoms with Gasteiger partial charge in [-0.25, -0.2) is 18.1 Å². The third kappa shape index (κ3) is 2.57. The van der Waals surface area contributed by atoms with Crippen LogP contribution in [0.15, 0.2) is 47.4 Å². The molecule has 2 aromatic rings. The van der Waals surface area contributed by atoms with Crippen LogP contribution in [0.4, 0.5) is 4.79 Å². The van der Waals surface area contributed by atoms with Gasteiger partial charge in [-0.1, -0.05) is 30.3 Å². The second kappa shape index (κ2) is 6.07. The zero-order chi connectivity index (χ0) is 18.5. The molecule has 0 bridgehead atoms. The lowest BCUT2D eigenvalue weighted by Gasteiger charge is -2.22. The summed E-state index contributed by atoms with van der Waals surface area (Å²) < 4.78 is 32.1. The quantitative estimate of drug-likeness (QED) is 0.801. The van der Waals surface area contributed by atoms with Crippen molar-refractivity contribution in [3.05, 3.63) is 42.5 Å². The number of methoxy groups -OCH3 is 1. The van der Waals surface area contributed by atoms with Crippen molar-refractivity contribution in [2.75, 3.05) is 20.2 Å². The van der Waals surface area contributed by atoms with Crippen LogP contribution in [0.1, 0.15) is 6.42 Å². The van der Waals surface area contributed by atoms with E-state index in [-0.39, 0.29) is 36.2 Å². The SMILES string of the molecule is COC(=O)N1C(=O)C[C@@H]2CN(S(=O)(=O)c3ccc4ccccc4c3)C[C@H]21. The number of hydrogen-bond donors (Lipinski definition) is 0. The number of imide groups is 1. The molecular weight excluding hydrogens is 356 g/mol. The molecule has 0 aliphatic carbocycles. The number of nitrogens with zero attached hydrogens (tertiary/aromatic N) is 2. The minimum Gasteiger partial charge on any atom is -0.452 e. The van der Waals surface area contributed by atoms with E-state index >= 15 is 0 Å². The highest BCUT2D eigenvalue weighted by Gasteiger charge is 2.51. The molecule has 2 aromatic carbocycles. The molecule has 26 heavy (non-hydrogen) atoms. The normalized spacial score (nSPS) is 23.4. The van der Waals surface area contributed by atoms with Crippen LogP contribution in [0, 0.1) is 5.92 Å². The lowest BCUT2D eigenvalue weighted by atomic mass is 10.1. The van der Waals surface area contributed by atoms with Crippen molar-refractivity contribution in [3.8, 4) is 0 Å². The number of fused-ring (bicyclic) bond motifs is 2. The number of likely N-dealkylation sites (tertiary alicyclic amines) is 1. The molecule has 0 N–H and O–H groups in total. The molecule has 0 spiro atoms. The van der Waals surface area contributed by atoms with Crippen molar-refractivity contribution >= 4 is 32.8 Å². The van der Waals surface area contributed by atoms with E-state index in [1.165, 1.54) is 11.4 Å². The van der Waals surface area contributed by atoms with Crippen molar-refractivity contribution < 1.29 is 22.7 Å². The van der Waals surface area contributed by atoms with E-state index in [0.29, 0.717) is 0 Å². The maximum Gasteiger partial charge on any atom is 0.416 e. The molecule has 0 saturated carbocycles. The van der Waals surface area contributed by atoms with Gasteiger partial charge in [-0.2, -0.15) is 4.31 Å². The van der Waals surface area contributed by atoms with Crippen molar-refractivity contribution in [2.24, 2.45) is 5.92 Å². The molecule has 2 aliphatic heterocycles. The van der Waals surface area contributed by atoms with E-state index in [9.17, 15) is 18.0 Å². The summed E-state index contributed by atoms with van der Waals surface area (Å²) in [6.07, 6.45) is -0.573. The molecule has 2 saturated heterocycles. The highest BCUT2D eigenvalue weighted by Crippen LogP contribution is 2.35. The van der Waals surface area contributed by atoms with E-state index in [1.54, 1.807) is 18.2 Å². The Labute approximate surface area is 151 Å². The first-order valence-corrected chi connectivity index (χ1v) is 9.75. The van der Waals surface area contributed by atoms with Crippen LogP contribution < -0.4 is 0 Å². The Hall–Kier alpha value is -2.45. The summed E-state index contributed by atoms with van der Waals surface area (Å²) in [6, 6.07) is 12.1. The zero-order valence-electron chi connectivity index (χ0n) is 14.2. The highest BCUT2D eigenvalue weighted by molar-refractivity contribution is 7.89. The summed E-state index contributed by atoms with van der Waals surface area (Å²) in [5, 5.41) is 1.81. The number of sulfonamides is 1. The molecule has 0 unspecified atom stereocenters. The Morgan fingerprint density at radius 2 is 1.85 bits per heavy atom. The predicted molar refractivity (Wildman–Crippen MR) is 93.9 cm³/mol. The fourth-order valence-corrected chi connectivity index (χ4v) is 5.38. The molecule has 136 valence electrons. The highest BCUT2D eigenvalue weighted by atomic mass is 32.2. The molecule has 2 aliphatic rings. The van der Waals surface area contributed by atoms with Crippen LogP contribution in [0.2, 0.25) is 0 Å². The van der Waals surface area contributed by atoms with Crippen molar-refractivity contribution in [3.63, 3.8) is 0 Å². The van der Waals surface area contributed by atoms with Gasteiger partial charge in [0.2, 0.25) is 15.9 Å². The fourth-order valence-electron chi connectivity index (χ4n) is 3.82. The van der Waals surface area contributed by atoms with Gasteiger partial charge in [-0.15, -0.1) is 0 Å². The summed E-state index contributed by atoms with van der Waals surface area (Å²) >= 11 is 0. The Morgan fingerprint density at radius 1 is 1.12 bits per heavy atom. The summed E-state index contributed by atoms with van der Waals surface area (Å²) in [7, 11) is -2.49. The van der Waals surface area contributed by atoms with Crippen molar-refractivity contribution in [2.45, 2.75) is 17.4 Å². The Kier molecular flexibility index (Phi) is 3.96. The molecule has 0 radical (unpaired) electrons. The van der Waals surface area contributed by atoms with Crippen LogP contribution in [0.25, 0.3) is 10.8 Å². The van der Waals surface area contributed by atoms with E-state index in [4.69, 9.17) is 0 Å². The third-order valence-electron chi connectivity index (χ3n) is 5.14. The number of benzene rings is 2. The smallest absolute Gasteiger partial charge is 0.416 e. The van der Waals surface area contributed by atoms with Gasteiger partial charge in [-0.3, -0.25) is 4.79 Å². The number of ether oxygens (including phenoxy) is 1. The molecule has 4 rings (SSSR count). The van der Waals surface area contributed by atoms with Gasteiger partial charge in [0.05, 0.1) is 18.0 Å². The van der Waals surface area contributed by atoms with Crippen molar-refractivity contribution in [1.82, 2.24) is 9.21 Å². The lowest BCUT2D eigenvalue weighted by molar-refractivity contribution is -0.127. The first kappa shape index (κ1) is 17.0.